The third kappa shape index (κ3) is 3.08. The van der Waals surface area contributed by atoms with Gasteiger partial charge < -0.3 is 9.72 Å². The van der Waals surface area contributed by atoms with Crippen molar-refractivity contribution in [1.82, 2.24) is 4.98 Å². The number of aryl methyl sites for hydroxylation is 1. The maximum atomic E-state index is 12.6. The molecule has 2 rings (SSSR count). The van der Waals surface area contributed by atoms with Crippen molar-refractivity contribution in [3.8, 4) is 0 Å². The Balaban J connectivity index is 2.48. The Kier molecular flexibility index (Phi) is 4.75. The molecule has 1 atom stereocenters. The van der Waals surface area contributed by atoms with Crippen LogP contribution in [0.15, 0.2) is 29.1 Å². The molecule has 2 aromatic rings. The number of hydrogen-bond donors (Lipinski definition) is 1. The highest BCUT2D eigenvalue weighted by atomic mass is 16.5. The Labute approximate surface area is 128 Å². The summed E-state index contributed by atoms with van der Waals surface area (Å²) in [5.41, 5.74) is 1.71. The first-order chi connectivity index (χ1) is 10.5. The van der Waals surface area contributed by atoms with Gasteiger partial charge in [-0.25, -0.2) is 0 Å². The van der Waals surface area contributed by atoms with Crippen LogP contribution in [-0.4, -0.2) is 23.3 Å². The van der Waals surface area contributed by atoms with Crippen molar-refractivity contribution >= 4 is 22.7 Å². The molecule has 0 unspecified atom stereocenters. The summed E-state index contributed by atoms with van der Waals surface area (Å²) in [7, 11) is 0. The summed E-state index contributed by atoms with van der Waals surface area (Å²) < 4.78 is 4.93. The normalized spacial score (nSPS) is 12.1. The second kappa shape index (κ2) is 6.56. The number of nitrogens with one attached hydrogen (secondary N) is 1. The van der Waals surface area contributed by atoms with Crippen LogP contribution in [0.1, 0.15) is 25.1 Å². The molecule has 0 aliphatic rings. The molecule has 0 aliphatic heterocycles. The van der Waals surface area contributed by atoms with Crippen molar-refractivity contribution in [3.63, 3.8) is 0 Å². The van der Waals surface area contributed by atoms with Gasteiger partial charge in [0, 0.05) is 22.2 Å². The van der Waals surface area contributed by atoms with E-state index in [4.69, 9.17) is 4.74 Å². The summed E-state index contributed by atoms with van der Waals surface area (Å²) in [6.07, 6.45) is 0.0557. The fourth-order valence-corrected chi connectivity index (χ4v) is 2.49. The first-order valence-electron chi connectivity index (χ1n) is 7.23. The van der Waals surface area contributed by atoms with Gasteiger partial charge in [-0.15, -0.1) is 0 Å². The lowest BCUT2D eigenvalue weighted by Crippen LogP contribution is -2.29. The molecular formula is C17H19NO4. The molecule has 0 saturated carbocycles. The largest absolute Gasteiger partial charge is 0.465 e. The van der Waals surface area contributed by atoms with Gasteiger partial charge in [0.2, 0.25) is 0 Å². The number of pyridine rings is 1. The van der Waals surface area contributed by atoms with Gasteiger partial charge in [0.05, 0.1) is 6.61 Å². The lowest BCUT2D eigenvalue weighted by Gasteiger charge is -2.14. The van der Waals surface area contributed by atoms with Crippen LogP contribution < -0.4 is 5.43 Å². The minimum absolute atomic E-state index is 0.0557. The topological polar surface area (TPSA) is 76.2 Å². The van der Waals surface area contributed by atoms with Gasteiger partial charge in [-0.05, 0) is 39.3 Å². The summed E-state index contributed by atoms with van der Waals surface area (Å²) in [4.78, 5) is 39.4. The minimum Gasteiger partial charge on any atom is -0.465 e. The van der Waals surface area contributed by atoms with Gasteiger partial charge in [0.25, 0.3) is 0 Å². The number of rotatable bonds is 5. The molecule has 0 aliphatic carbocycles. The molecule has 1 aromatic heterocycles. The number of Topliss-reactive ketones (excluding diaryl/α,β-unsaturated/α-hetero) is 1. The van der Waals surface area contributed by atoms with Crippen molar-refractivity contribution in [2.75, 3.05) is 6.61 Å². The van der Waals surface area contributed by atoms with Gasteiger partial charge in [0.1, 0.15) is 11.7 Å². The number of para-hydroxylation sites is 1. The highest BCUT2D eigenvalue weighted by Crippen LogP contribution is 2.16. The number of fused-ring (bicyclic) bond motifs is 1. The maximum absolute atomic E-state index is 12.6. The molecule has 0 bridgehead atoms. The number of H-pyrrole nitrogens is 1. The van der Waals surface area contributed by atoms with Crippen LogP contribution in [0.5, 0.6) is 0 Å². The number of esters is 1. The van der Waals surface area contributed by atoms with E-state index in [1.54, 1.807) is 26.0 Å². The quantitative estimate of drug-likeness (QED) is 0.678. The molecule has 1 aromatic carbocycles. The fraction of sp³-hybridized carbons (Fsp3) is 0.353. The van der Waals surface area contributed by atoms with E-state index in [2.05, 4.69) is 4.98 Å². The van der Waals surface area contributed by atoms with E-state index in [0.29, 0.717) is 16.6 Å². The molecular weight excluding hydrogens is 282 g/mol. The van der Waals surface area contributed by atoms with E-state index in [0.717, 1.165) is 5.52 Å². The fourth-order valence-electron chi connectivity index (χ4n) is 2.49. The molecule has 1 heterocycles. The van der Waals surface area contributed by atoms with Crippen molar-refractivity contribution in [2.24, 2.45) is 5.92 Å². The predicted octanol–water partition coefficient (Wildman–Crippen LogP) is 2.15. The van der Waals surface area contributed by atoms with Crippen LogP contribution in [0, 0.1) is 12.8 Å². The lowest BCUT2D eigenvalue weighted by atomic mass is 9.94. The number of hydrogen-bond acceptors (Lipinski definition) is 4. The van der Waals surface area contributed by atoms with E-state index >= 15 is 0 Å². The average Bonchev–Trinajstić information content (AvgIpc) is 2.47. The van der Waals surface area contributed by atoms with E-state index in [-0.39, 0.29) is 24.2 Å². The Hall–Kier alpha value is -2.43. The van der Waals surface area contributed by atoms with Crippen LogP contribution in [-0.2, 0) is 20.7 Å². The predicted molar refractivity (Wildman–Crippen MR) is 83.8 cm³/mol. The zero-order valence-electron chi connectivity index (χ0n) is 12.9. The maximum Gasteiger partial charge on any atom is 0.316 e. The summed E-state index contributed by atoms with van der Waals surface area (Å²) in [6, 6.07) is 7.17. The molecule has 0 amide bonds. The van der Waals surface area contributed by atoms with Crippen LogP contribution in [0.2, 0.25) is 0 Å². The Morgan fingerprint density at radius 3 is 2.59 bits per heavy atom. The van der Waals surface area contributed by atoms with Crippen LogP contribution in [0.25, 0.3) is 10.9 Å². The van der Waals surface area contributed by atoms with Crippen molar-refractivity contribution in [1.29, 1.82) is 0 Å². The number of carbonyl (C=O) groups excluding carboxylic acids is 2. The average molecular weight is 301 g/mol. The van der Waals surface area contributed by atoms with Crippen LogP contribution in [0.4, 0.5) is 0 Å². The zero-order valence-corrected chi connectivity index (χ0v) is 12.9. The van der Waals surface area contributed by atoms with E-state index < -0.39 is 11.9 Å². The SMILES string of the molecule is CCOC(=O)[C@@H](Cc1c(C)[nH]c2ccccc2c1=O)C(C)=O. The van der Waals surface area contributed by atoms with Gasteiger partial charge in [-0.1, -0.05) is 12.1 Å². The summed E-state index contributed by atoms with van der Waals surface area (Å²) in [5.74, 6) is -1.83. The second-order valence-corrected chi connectivity index (χ2v) is 5.22. The first-order valence-corrected chi connectivity index (χ1v) is 7.23. The van der Waals surface area contributed by atoms with E-state index in [1.807, 2.05) is 12.1 Å². The molecule has 22 heavy (non-hydrogen) atoms. The third-order valence-corrected chi connectivity index (χ3v) is 3.69. The number of aromatic amines is 1. The number of ether oxygens (including phenoxy) is 1. The van der Waals surface area contributed by atoms with Gasteiger partial charge in [0.15, 0.2) is 5.43 Å². The second-order valence-electron chi connectivity index (χ2n) is 5.22. The lowest BCUT2D eigenvalue weighted by molar-refractivity contribution is -0.151. The van der Waals surface area contributed by atoms with Crippen molar-refractivity contribution in [2.45, 2.75) is 27.2 Å². The molecule has 0 spiro atoms. The minimum atomic E-state index is -0.944. The number of benzene rings is 1. The Morgan fingerprint density at radius 1 is 1.27 bits per heavy atom. The molecule has 116 valence electrons. The summed E-state index contributed by atoms with van der Waals surface area (Å²) >= 11 is 0. The third-order valence-electron chi connectivity index (χ3n) is 3.69. The number of aromatic nitrogens is 1. The smallest absolute Gasteiger partial charge is 0.316 e. The highest BCUT2D eigenvalue weighted by Gasteiger charge is 2.27. The highest BCUT2D eigenvalue weighted by molar-refractivity contribution is 5.98. The molecule has 0 fully saturated rings. The van der Waals surface area contributed by atoms with E-state index in [9.17, 15) is 14.4 Å². The van der Waals surface area contributed by atoms with Crippen molar-refractivity contribution < 1.29 is 14.3 Å². The molecule has 5 nitrogen and oxygen atoms in total. The van der Waals surface area contributed by atoms with Crippen LogP contribution in [0.3, 0.4) is 0 Å². The Morgan fingerprint density at radius 2 is 1.95 bits per heavy atom. The van der Waals surface area contributed by atoms with Gasteiger partial charge >= 0.3 is 5.97 Å². The standard InChI is InChI=1S/C17H19NO4/c1-4-22-17(21)14(11(3)19)9-13-10(2)18-15-8-6-5-7-12(15)16(13)20/h5-8,14H,4,9H2,1-3H3,(H,18,20)/t14-/m0/s1. The zero-order chi connectivity index (χ0) is 16.3. The molecule has 5 heteroatoms. The van der Waals surface area contributed by atoms with Gasteiger partial charge in [-0.3, -0.25) is 14.4 Å². The van der Waals surface area contributed by atoms with Crippen LogP contribution >= 0.6 is 0 Å². The number of carbonyl (C=O) groups is 2. The molecule has 0 radical (unpaired) electrons. The number of ketones is 1. The Bertz CT molecular complexity index is 776. The molecule has 1 N–H and O–H groups in total. The summed E-state index contributed by atoms with van der Waals surface area (Å²) in [6.45, 7) is 5.00. The monoisotopic (exact) mass is 301 g/mol. The van der Waals surface area contributed by atoms with E-state index in [1.165, 1.54) is 6.92 Å². The summed E-state index contributed by atoms with van der Waals surface area (Å²) in [5, 5.41) is 0.550. The van der Waals surface area contributed by atoms with Crippen molar-refractivity contribution in [3.05, 3.63) is 45.7 Å². The first kappa shape index (κ1) is 15.9. The molecule has 0 saturated heterocycles. The van der Waals surface area contributed by atoms with Gasteiger partial charge in [-0.2, -0.15) is 0 Å².